The van der Waals surface area contributed by atoms with Gasteiger partial charge in [0.1, 0.15) is 13.2 Å². The number of hydrogen-bond donors (Lipinski definition) is 1. The number of likely N-dealkylation sites (tertiary alicyclic amines) is 1. The van der Waals surface area contributed by atoms with Crippen molar-refractivity contribution >= 4 is 15.7 Å². The van der Waals surface area contributed by atoms with Crippen LogP contribution in [0.4, 0.5) is 0 Å². The van der Waals surface area contributed by atoms with Gasteiger partial charge in [0.25, 0.3) is 5.91 Å². The van der Waals surface area contributed by atoms with E-state index < -0.39 is 9.84 Å². The van der Waals surface area contributed by atoms with E-state index in [9.17, 15) is 13.2 Å². The van der Waals surface area contributed by atoms with E-state index in [4.69, 9.17) is 9.47 Å². The molecular formula is C18H24N2O5S. The molecule has 3 aliphatic rings. The van der Waals surface area contributed by atoms with Crippen molar-refractivity contribution in [3.8, 4) is 11.5 Å². The summed E-state index contributed by atoms with van der Waals surface area (Å²) in [7, 11) is -2.86. The molecule has 3 heterocycles. The Hall–Kier alpha value is -1.80. The molecule has 1 amide bonds. The number of piperidine rings is 1. The second-order valence-electron chi connectivity index (χ2n) is 7.17. The summed E-state index contributed by atoms with van der Waals surface area (Å²) in [5, 5.41) is 3.09. The first-order chi connectivity index (χ1) is 12.5. The van der Waals surface area contributed by atoms with Gasteiger partial charge in [-0.25, -0.2) is 8.42 Å². The number of nitrogens with zero attached hydrogens (tertiary/aromatic N) is 1. The first kappa shape index (κ1) is 17.6. The van der Waals surface area contributed by atoms with Gasteiger partial charge < -0.3 is 14.8 Å². The lowest BCUT2D eigenvalue weighted by Gasteiger charge is -2.35. The molecule has 1 atom stereocenters. The summed E-state index contributed by atoms with van der Waals surface area (Å²) >= 11 is 0. The largest absolute Gasteiger partial charge is 0.486 e. The van der Waals surface area contributed by atoms with Crippen molar-refractivity contribution in [1.29, 1.82) is 0 Å². The van der Waals surface area contributed by atoms with Crippen LogP contribution in [0.1, 0.15) is 29.6 Å². The van der Waals surface area contributed by atoms with E-state index in [-0.39, 0.29) is 23.7 Å². The number of nitrogens with one attached hydrogen (secondary N) is 1. The van der Waals surface area contributed by atoms with Gasteiger partial charge in [0.05, 0.1) is 17.1 Å². The molecule has 1 N–H and O–H groups in total. The van der Waals surface area contributed by atoms with Crippen LogP contribution in [0.25, 0.3) is 0 Å². The summed E-state index contributed by atoms with van der Waals surface area (Å²) in [4.78, 5) is 14.9. The van der Waals surface area contributed by atoms with Crippen LogP contribution < -0.4 is 14.8 Å². The molecule has 2 fully saturated rings. The number of hydrogen-bond acceptors (Lipinski definition) is 6. The summed E-state index contributed by atoms with van der Waals surface area (Å²) in [6.07, 6.45) is 2.39. The average molecular weight is 380 g/mol. The standard InChI is InChI=1S/C18H24N2O5S/c21-18(15-2-1-3-16-17(15)25-10-9-24-16)19-13-4-7-20(8-5-13)14-6-11-26(22,23)12-14/h1-3,13-14H,4-12H2,(H,19,21)/t14-/m0/s1. The molecule has 4 rings (SSSR count). The fourth-order valence-corrected chi connectivity index (χ4v) is 5.75. The molecule has 3 aliphatic heterocycles. The molecule has 142 valence electrons. The lowest BCUT2D eigenvalue weighted by molar-refractivity contribution is 0.0887. The first-order valence-corrected chi connectivity index (χ1v) is 11.0. The number of carbonyl (C=O) groups is 1. The predicted molar refractivity (Wildman–Crippen MR) is 96.6 cm³/mol. The van der Waals surface area contributed by atoms with Crippen molar-refractivity contribution in [2.45, 2.75) is 31.3 Å². The SMILES string of the molecule is O=C(NC1CCN([C@H]2CCS(=O)(=O)C2)CC1)c1cccc2c1OCCO2. The van der Waals surface area contributed by atoms with Crippen molar-refractivity contribution in [3.05, 3.63) is 23.8 Å². The van der Waals surface area contributed by atoms with Crippen LogP contribution in [-0.4, -0.2) is 69.1 Å². The lowest BCUT2D eigenvalue weighted by Crippen LogP contribution is -2.48. The summed E-state index contributed by atoms with van der Waals surface area (Å²) in [5.74, 6) is 1.56. The van der Waals surface area contributed by atoms with E-state index in [1.54, 1.807) is 18.2 Å². The van der Waals surface area contributed by atoms with Crippen LogP contribution in [0, 0.1) is 0 Å². The topological polar surface area (TPSA) is 84.9 Å². The van der Waals surface area contributed by atoms with Crippen molar-refractivity contribution in [2.75, 3.05) is 37.8 Å². The van der Waals surface area contributed by atoms with Crippen LogP contribution in [-0.2, 0) is 9.84 Å². The van der Waals surface area contributed by atoms with E-state index in [1.807, 2.05) is 0 Å². The van der Waals surface area contributed by atoms with E-state index in [0.717, 1.165) is 32.4 Å². The Balaban J connectivity index is 1.34. The van der Waals surface area contributed by atoms with Crippen molar-refractivity contribution < 1.29 is 22.7 Å². The van der Waals surface area contributed by atoms with Gasteiger partial charge in [0.15, 0.2) is 21.3 Å². The highest BCUT2D eigenvalue weighted by atomic mass is 32.2. The molecule has 0 spiro atoms. The van der Waals surface area contributed by atoms with Crippen LogP contribution in [0.5, 0.6) is 11.5 Å². The van der Waals surface area contributed by atoms with Gasteiger partial charge in [0.2, 0.25) is 0 Å². The van der Waals surface area contributed by atoms with E-state index in [1.165, 1.54) is 0 Å². The van der Waals surface area contributed by atoms with Crippen LogP contribution in [0.2, 0.25) is 0 Å². The Morgan fingerprint density at radius 3 is 2.62 bits per heavy atom. The third-order valence-corrected chi connectivity index (χ3v) is 7.15. The maximum atomic E-state index is 12.7. The second kappa shape index (κ2) is 7.08. The van der Waals surface area contributed by atoms with Gasteiger partial charge in [-0.1, -0.05) is 6.07 Å². The Kier molecular flexibility index (Phi) is 4.79. The highest BCUT2D eigenvalue weighted by molar-refractivity contribution is 7.91. The lowest BCUT2D eigenvalue weighted by atomic mass is 10.0. The molecule has 0 saturated carbocycles. The van der Waals surface area contributed by atoms with Gasteiger partial charge in [0, 0.05) is 25.2 Å². The zero-order chi connectivity index (χ0) is 18.1. The number of sulfone groups is 1. The fourth-order valence-electron chi connectivity index (χ4n) is 3.99. The number of rotatable bonds is 3. The number of fused-ring (bicyclic) bond motifs is 1. The highest BCUT2D eigenvalue weighted by Crippen LogP contribution is 2.33. The Morgan fingerprint density at radius 1 is 1.12 bits per heavy atom. The molecule has 26 heavy (non-hydrogen) atoms. The van der Waals surface area contributed by atoms with Crippen molar-refractivity contribution in [3.63, 3.8) is 0 Å². The fraction of sp³-hybridized carbons (Fsp3) is 0.611. The van der Waals surface area contributed by atoms with E-state index in [2.05, 4.69) is 10.2 Å². The van der Waals surface area contributed by atoms with Gasteiger partial charge in [-0.2, -0.15) is 0 Å². The third kappa shape index (κ3) is 3.66. The van der Waals surface area contributed by atoms with Gasteiger partial charge in [-0.05, 0) is 31.4 Å². The predicted octanol–water partition coefficient (Wildman–Crippen LogP) is 0.839. The van der Waals surface area contributed by atoms with Crippen molar-refractivity contribution in [2.24, 2.45) is 0 Å². The van der Waals surface area contributed by atoms with Gasteiger partial charge in [-0.15, -0.1) is 0 Å². The smallest absolute Gasteiger partial charge is 0.255 e. The Morgan fingerprint density at radius 2 is 1.88 bits per heavy atom. The quantitative estimate of drug-likeness (QED) is 0.837. The molecule has 0 radical (unpaired) electrons. The molecule has 1 aromatic carbocycles. The van der Waals surface area contributed by atoms with Gasteiger partial charge in [-0.3, -0.25) is 9.69 Å². The molecule has 8 heteroatoms. The molecule has 7 nitrogen and oxygen atoms in total. The van der Waals surface area contributed by atoms with Gasteiger partial charge >= 0.3 is 0 Å². The maximum absolute atomic E-state index is 12.7. The number of para-hydroxylation sites is 1. The Bertz CT molecular complexity index is 787. The minimum Gasteiger partial charge on any atom is -0.486 e. The summed E-state index contributed by atoms with van der Waals surface area (Å²) in [5.41, 5.74) is 0.506. The monoisotopic (exact) mass is 380 g/mol. The van der Waals surface area contributed by atoms with Crippen LogP contribution >= 0.6 is 0 Å². The zero-order valence-corrected chi connectivity index (χ0v) is 15.5. The number of benzene rings is 1. The molecule has 0 bridgehead atoms. The summed E-state index contributed by atoms with van der Waals surface area (Å²) in [6.45, 7) is 2.57. The molecule has 2 saturated heterocycles. The second-order valence-corrected chi connectivity index (χ2v) is 9.40. The highest BCUT2D eigenvalue weighted by Gasteiger charge is 2.34. The summed E-state index contributed by atoms with van der Waals surface area (Å²) < 4.78 is 34.5. The Labute approximate surface area is 153 Å². The zero-order valence-electron chi connectivity index (χ0n) is 14.6. The van der Waals surface area contributed by atoms with E-state index >= 15 is 0 Å². The first-order valence-electron chi connectivity index (χ1n) is 9.16. The van der Waals surface area contributed by atoms with Crippen LogP contribution in [0.15, 0.2) is 18.2 Å². The van der Waals surface area contributed by atoms with E-state index in [0.29, 0.717) is 36.0 Å². The maximum Gasteiger partial charge on any atom is 0.255 e. The molecule has 0 aromatic heterocycles. The molecule has 0 aliphatic carbocycles. The summed E-state index contributed by atoms with van der Waals surface area (Å²) in [6, 6.07) is 5.59. The minimum atomic E-state index is -2.86. The molecular weight excluding hydrogens is 356 g/mol. The normalized spacial score (nSPS) is 25.8. The molecule has 1 aromatic rings. The number of amides is 1. The van der Waals surface area contributed by atoms with Crippen molar-refractivity contribution in [1.82, 2.24) is 10.2 Å². The number of carbonyl (C=O) groups excluding carboxylic acids is 1. The third-order valence-electron chi connectivity index (χ3n) is 5.40. The van der Waals surface area contributed by atoms with Crippen LogP contribution in [0.3, 0.4) is 0 Å². The molecule has 0 unspecified atom stereocenters. The minimum absolute atomic E-state index is 0.0946. The average Bonchev–Trinajstić information content (AvgIpc) is 3.01. The number of ether oxygens (including phenoxy) is 2.